The molecule has 6 heteroatoms. The predicted octanol–water partition coefficient (Wildman–Crippen LogP) is 3.08. The number of carboxylic acid groups (broad SMARTS) is 1. The van der Waals surface area contributed by atoms with Crippen LogP contribution in [0.4, 0.5) is 4.39 Å². The fraction of sp³-hybridized carbons (Fsp3) is 0.0714. The van der Waals surface area contributed by atoms with Crippen LogP contribution in [0.3, 0.4) is 0 Å². The van der Waals surface area contributed by atoms with E-state index in [1.165, 1.54) is 42.2 Å². The van der Waals surface area contributed by atoms with Gasteiger partial charge in [0.25, 0.3) is 0 Å². The number of pyridine rings is 1. The van der Waals surface area contributed by atoms with Gasteiger partial charge in [-0.15, -0.1) is 11.8 Å². The minimum Gasteiger partial charge on any atom is -0.478 e. The van der Waals surface area contributed by atoms with E-state index < -0.39 is 11.8 Å². The monoisotopic (exact) mass is 288 g/mol. The van der Waals surface area contributed by atoms with E-state index in [1.807, 2.05) is 6.07 Å². The van der Waals surface area contributed by atoms with Crippen LogP contribution in [0.1, 0.15) is 21.5 Å². The number of hydrogen-bond donors (Lipinski definition) is 1. The second-order valence-corrected chi connectivity index (χ2v) is 4.89. The summed E-state index contributed by atoms with van der Waals surface area (Å²) in [6, 6.07) is 8.81. The smallest absolute Gasteiger partial charge is 0.335 e. The lowest BCUT2D eigenvalue weighted by Crippen LogP contribution is -1.97. The fourth-order valence-electron chi connectivity index (χ4n) is 1.55. The minimum absolute atomic E-state index is 0.155. The lowest BCUT2D eigenvalue weighted by Gasteiger charge is -2.04. The van der Waals surface area contributed by atoms with Crippen molar-refractivity contribution in [2.24, 2.45) is 0 Å². The zero-order chi connectivity index (χ0) is 14.5. The molecule has 0 spiro atoms. The number of thioether (sulfide) groups is 1. The van der Waals surface area contributed by atoms with Gasteiger partial charge in [-0.05, 0) is 29.8 Å². The Labute approximate surface area is 118 Å². The largest absolute Gasteiger partial charge is 0.478 e. The highest BCUT2D eigenvalue weighted by Crippen LogP contribution is 2.23. The summed E-state index contributed by atoms with van der Waals surface area (Å²) in [6.07, 6.45) is 1.42. The molecule has 20 heavy (non-hydrogen) atoms. The summed E-state index contributed by atoms with van der Waals surface area (Å²) in [4.78, 5) is 14.9. The predicted molar refractivity (Wildman–Crippen MR) is 71.9 cm³/mol. The summed E-state index contributed by atoms with van der Waals surface area (Å²) < 4.78 is 13.0. The van der Waals surface area contributed by atoms with Gasteiger partial charge in [-0.3, -0.25) is 0 Å². The second-order valence-electron chi connectivity index (χ2n) is 3.89. The van der Waals surface area contributed by atoms with Gasteiger partial charge in [0.2, 0.25) is 0 Å². The molecule has 0 radical (unpaired) electrons. The molecule has 0 atom stereocenters. The fourth-order valence-corrected chi connectivity index (χ4v) is 2.45. The summed E-state index contributed by atoms with van der Waals surface area (Å²) in [5.74, 6) is -1.06. The average Bonchev–Trinajstić information content (AvgIpc) is 2.46. The molecule has 0 aliphatic heterocycles. The molecule has 0 aliphatic carbocycles. The highest BCUT2D eigenvalue weighted by atomic mass is 32.2. The van der Waals surface area contributed by atoms with Gasteiger partial charge in [-0.25, -0.2) is 14.2 Å². The maximum atomic E-state index is 13.0. The second kappa shape index (κ2) is 6.17. The Kier molecular flexibility index (Phi) is 4.33. The van der Waals surface area contributed by atoms with Gasteiger partial charge in [0.15, 0.2) is 0 Å². The molecule has 2 rings (SSSR count). The van der Waals surface area contributed by atoms with Crippen molar-refractivity contribution >= 4 is 17.7 Å². The van der Waals surface area contributed by atoms with Gasteiger partial charge in [0.05, 0.1) is 22.2 Å². The van der Waals surface area contributed by atoms with Crippen LogP contribution < -0.4 is 0 Å². The summed E-state index contributed by atoms with van der Waals surface area (Å²) >= 11 is 1.29. The summed E-state index contributed by atoms with van der Waals surface area (Å²) in [5, 5.41) is 18.4. The van der Waals surface area contributed by atoms with Crippen LogP contribution in [0.2, 0.25) is 0 Å². The highest BCUT2D eigenvalue weighted by Gasteiger charge is 2.07. The summed E-state index contributed by atoms with van der Waals surface area (Å²) in [6.45, 7) is 0. The zero-order valence-electron chi connectivity index (χ0n) is 10.2. The Hall–Kier alpha value is -2.39. The van der Waals surface area contributed by atoms with Gasteiger partial charge in [-0.1, -0.05) is 6.07 Å². The van der Waals surface area contributed by atoms with E-state index in [-0.39, 0.29) is 11.1 Å². The normalized spacial score (nSPS) is 10.0. The number of carboxylic acids is 1. The molecule has 0 saturated carbocycles. The third-order valence-corrected chi connectivity index (χ3v) is 3.52. The number of carbonyl (C=O) groups is 1. The van der Waals surface area contributed by atoms with Crippen LogP contribution in [-0.2, 0) is 5.75 Å². The van der Waals surface area contributed by atoms with E-state index in [1.54, 1.807) is 6.07 Å². The topological polar surface area (TPSA) is 74.0 Å². The molecule has 0 fully saturated rings. The van der Waals surface area contributed by atoms with Gasteiger partial charge < -0.3 is 5.11 Å². The molecule has 2 aromatic rings. The van der Waals surface area contributed by atoms with E-state index >= 15 is 0 Å². The molecule has 0 unspecified atom stereocenters. The first-order valence-corrected chi connectivity index (χ1v) is 6.59. The van der Waals surface area contributed by atoms with E-state index in [2.05, 4.69) is 4.98 Å². The molecule has 1 aromatic heterocycles. The van der Waals surface area contributed by atoms with Crippen molar-refractivity contribution in [1.82, 2.24) is 4.98 Å². The van der Waals surface area contributed by atoms with Crippen LogP contribution >= 0.6 is 11.8 Å². The van der Waals surface area contributed by atoms with Crippen molar-refractivity contribution in [3.63, 3.8) is 0 Å². The van der Waals surface area contributed by atoms with E-state index in [9.17, 15) is 9.18 Å². The lowest BCUT2D eigenvalue weighted by atomic mass is 10.1. The van der Waals surface area contributed by atoms with Crippen LogP contribution in [-0.4, -0.2) is 16.1 Å². The number of nitriles is 1. The maximum Gasteiger partial charge on any atom is 0.335 e. The van der Waals surface area contributed by atoms with Crippen LogP contribution in [0.25, 0.3) is 0 Å². The molecule has 0 amide bonds. The lowest BCUT2D eigenvalue weighted by molar-refractivity contribution is 0.0696. The number of aromatic carboxylic acids is 1. The first kappa shape index (κ1) is 14.0. The van der Waals surface area contributed by atoms with E-state index in [4.69, 9.17) is 10.4 Å². The molecular formula is C14H9FN2O2S. The molecule has 0 saturated heterocycles. The molecule has 0 aliphatic rings. The zero-order valence-corrected chi connectivity index (χ0v) is 11.0. The third kappa shape index (κ3) is 3.33. The summed E-state index contributed by atoms with van der Waals surface area (Å²) in [5.41, 5.74) is 1.11. The molecule has 1 N–H and O–H groups in total. The Balaban J connectivity index is 2.15. The molecule has 100 valence electrons. The molecule has 4 nitrogen and oxygen atoms in total. The third-order valence-electron chi connectivity index (χ3n) is 2.55. The van der Waals surface area contributed by atoms with Gasteiger partial charge in [0.1, 0.15) is 5.82 Å². The number of hydrogen-bond acceptors (Lipinski definition) is 4. The Morgan fingerprint density at radius 2 is 2.20 bits per heavy atom. The standard InChI is InChI=1S/C14H9FN2O2S/c15-12-2-1-10(11(5-12)7-16)8-20-13-6-9(14(18)19)3-4-17-13/h1-6H,8H2,(H,18,19). The first-order chi connectivity index (χ1) is 9.60. The Morgan fingerprint density at radius 3 is 2.90 bits per heavy atom. The quantitative estimate of drug-likeness (QED) is 0.875. The van der Waals surface area contributed by atoms with Crippen molar-refractivity contribution in [3.8, 4) is 6.07 Å². The minimum atomic E-state index is -1.02. The van der Waals surface area contributed by atoms with E-state index in [0.717, 1.165) is 0 Å². The van der Waals surface area contributed by atoms with Crippen molar-refractivity contribution in [2.75, 3.05) is 0 Å². The highest BCUT2D eigenvalue weighted by molar-refractivity contribution is 7.98. The summed E-state index contributed by atoms with van der Waals surface area (Å²) in [7, 11) is 0. The van der Waals surface area contributed by atoms with E-state index in [0.29, 0.717) is 16.3 Å². The SMILES string of the molecule is N#Cc1cc(F)ccc1CSc1cc(C(=O)O)ccn1. The van der Waals surface area contributed by atoms with Gasteiger partial charge in [0, 0.05) is 11.9 Å². The van der Waals surface area contributed by atoms with Crippen molar-refractivity contribution in [2.45, 2.75) is 10.8 Å². The number of nitrogens with zero attached hydrogens (tertiary/aromatic N) is 2. The number of aromatic nitrogens is 1. The Bertz CT molecular complexity index is 698. The van der Waals surface area contributed by atoms with Crippen molar-refractivity contribution < 1.29 is 14.3 Å². The van der Waals surface area contributed by atoms with Gasteiger partial charge >= 0.3 is 5.97 Å². The molecule has 1 heterocycles. The molecule has 1 aromatic carbocycles. The van der Waals surface area contributed by atoms with Gasteiger partial charge in [-0.2, -0.15) is 5.26 Å². The molecular weight excluding hydrogens is 279 g/mol. The van der Waals surface area contributed by atoms with Crippen LogP contribution in [0, 0.1) is 17.1 Å². The number of halogens is 1. The van der Waals surface area contributed by atoms with Crippen LogP contribution in [0.15, 0.2) is 41.6 Å². The van der Waals surface area contributed by atoms with Crippen LogP contribution in [0.5, 0.6) is 0 Å². The first-order valence-electron chi connectivity index (χ1n) is 5.61. The maximum absolute atomic E-state index is 13.0. The van der Waals surface area contributed by atoms with Crippen molar-refractivity contribution in [3.05, 3.63) is 59.0 Å². The number of benzene rings is 1. The number of rotatable bonds is 4. The Morgan fingerprint density at radius 1 is 1.40 bits per heavy atom. The molecule has 0 bridgehead atoms. The van der Waals surface area contributed by atoms with Crippen molar-refractivity contribution in [1.29, 1.82) is 5.26 Å². The average molecular weight is 288 g/mol.